The Bertz CT molecular complexity index is 348. The molecule has 1 aromatic rings. The third-order valence-electron chi connectivity index (χ3n) is 1.87. The normalized spacial score (nSPS) is 11.2. The molecular weight excluding hydrogens is 180 g/mol. The number of hydrazone groups is 1. The summed E-state index contributed by atoms with van der Waals surface area (Å²) < 4.78 is 5.13. The van der Waals surface area contributed by atoms with E-state index in [0.29, 0.717) is 17.0 Å². The number of nitrogens with zero attached hydrogens (tertiary/aromatic N) is 1. The summed E-state index contributed by atoms with van der Waals surface area (Å²) in [6.45, 7) is 1.80. The lowest BCUT2D eigenvalue weighted by Gasteiger charge is -2.09. The lowest BCUT2D eigenvalue weighted by atomic mass is 10.1. The van der Waals surface area contributed by atoms with Crippen LogP contribution in [0.25, 0.3) is 0 Å². The van der Waals surface area contributed by atoms with Crippen molar-refractivity contribution in [1.29, 1.82) is 0 Å². The number of phenolic OH excluding ortho intramolecular Hbond substituents is 1. The van der Waals surface area contributed by atoms with Crippen LogP contribution in [-0.2, 0) is 0 Å². The van der Waals surface area contributed by atoms with Crippen LogP contribution in [0.5, 0.6) is 11.5 Å². The van der Waals surface area contributed by atoms with Crippen LogP contribution in [0.2, 0.25) is 0 Å². The molecule has 0 aromatic heterocycles. The number of aromatic hydroxyl groups is 1. The molecule has 0 heterocycles. The van der Waals surface area contributed by atoms with Gasteiger partial charge in [-0.25, -0.2) is 0 Å². The highest BCUT2D eigenvalue weighted by molar-refractivity contribution is 6.03. The van der Waals surface area contributed by atoms with Gasteiger partial charge >= 0.3 is 0 Å². The highest BCUT2D eigenvalue weighted by Gasteiger charge is 2.10. The molecule has 0 saturated heterocycles. The first-order valence-corrected chi connectivity index (χ1v) is 4.28. The second-order valence-corrected chi connectivity index (χ2v) is 2.78. The molecule has 76 valence electrons. The van der Waals surface area contributed by atoms with E-state index in [2.05, 4.69) is 10.5 Å². The molecule has 1 aromatic carbocycles. The van der Waals surface area contributed by atoms with Gasteiger partial charge in [0.2, 0.25) is 0 Å². The van der Waals surface area contributed by atoms with E-state index >= 15 is 0 Å². The average molecular weight is 194 g/mol. The fourth-order valence-corrected chi connectivity index (χ4v) is 1.28. The van der Waals surface area contributed by atoms with Crippen LogP contribution in [0.4, 0.5) is 0 Å². The van der Waals surface area contributed by atoms with Crippen LogP contribution < -0.4 is 10.2 Å². The second-order valence-electron chi connectivity index (χ2n) is 2.78. The van der Waals surface area contributed by atoms with Crippen molar-refractivity contribution in [2.24, 2.45) is 5.10 Å². The fraction of sp³-hybridized carbons (Fsp3) is 0.300. The van der Waals surface area contributed by atoms with Crippen LogP contribution in [0, 0.1) is 0 Å². The molecule has 0 amide bonds. The minimum Gasteiger partial charge on any atom is -0.507 e. The zero-order chi connectivity index (χ0) is 10.6. The molecule has 0 aliphatic rings. The lowest BCUT2D eigenvalue weighted by Crippen LogP contribution is -2.05. The van der Waals surface area contributed by atoms with Crippen molar-refractivity contribution in [2.45, 2.75) is 6.92 Å². The summed E-state index contributed by atoms with van der Waals surface area (Å²) in [5.74, 6) is 0.780. The van der Waals surface area contributed by atoms with Crippen LogP contribution in [0.1, 0.15) is 12.5 Å². The number of rotatable bonds is 3. The van der Waals surface area contributed by atoms with Crippen molar-refractivity contribution in [2.75, 3.05) is 14.2 Å². The van der Waals surface area contributed by atoms with E-state index in [1.54, 1.807) is 39.3 Å². The first-order chi connectivity index (χ1) is 6.70. The molecule has 0 aliphatic heterocycles. The Morgan fingerprint density at radius 2 is 2.21 bits per heavy atom. The fourth-order valence-electron chi connectivity index (χ4n) is 1.28. The van der Waals surface area contributed by atoms with E-state index in [4.69, 9.17) is 4.74 Å². The minimum absolute atomic E-state index is 0.167. The van der Waals surface area contributed by atoms with Gasteiger partial charge in [-0.05, 0) is 19.1 Å². The topological polar surface area (TPSA) is 53.9 Å². The summed E-state index contributed by atoms with van der Waals surface area (Å²) in [6, 6.07) is 5.11. The number of ether oxygens (including phenoxy) is 1. The molecule has 1 rings (SSSR count). The molecule has 0 radical (unpaired) electrons. The van der Waals surface area contributed by atoms with Crippen LogP contribution in [-0.4, -0.2) is 25.0 Å². The van der Waals surface area contributed by atoms with Crippen molar-refractivity contribution >= 4 is 5.71 Å². The summed E-state index contributed by atoms with van der Waals surface area (Å²) >= 11 is 0. The smallest absolute Gasteiger partial charge is 0.131 e. The molecule has 4 nitrogen and oxygen atoms in total. The van der Waals surface area contributed by atoms with Crippen molar-refractivity contribution in [3.05, 3.63) is 23.8 Å². The first kappa shape index (κ1) is 10.4. The van der Waals surface area contributed by atoms with Gasteiger partial charge in [0.05, 0.1) is 18.4 Å². The van der Waals surface area contributed by atoms with E-state index in [1.807, 2.05) is 0 Å². The summed E-state index contributed by atoms with van der Waals surface area (Å²) in [5, 5.41) is 13.6. The standard InChI is InChI=1S/C10H14N2O2/c1-7(12-11-2)10-8(13)5-4-6-9(10)14-3/h4-6,11,13H,1-3H3/b12-7+. The minimum atomic E-state index is 0.167. The largest absolute Gasteiger partial charge is 0.507 e. The van der Waals surface area contributed by atoms with Crippen LogP contribution in [0.15, 0.2) is 23.3 Å². The monoisotopic (exact) mass is 194 g/mol. The van der Waals surface area contributed by atoms with Gasteiger partial charge in [0, 0.05) is 7.05 Å². The number of methoxy groups -OCH3 is 1. The zero-order valence-electron chi connectivity index (χ0n) is 8.53. The quantitative estimate of drug-likeness (QED) is 0.564. The SMILES string of the molecule is CN/N=C(\C)c1c(O)cccc1OC. The van der Waals surface area contributed by atoms with Gasteiger partial charge in [-0.15, -0.1) is 0 Å². The van der Waals surface area contributed by atoms with Gasteiger partial charge in [0.15, 0.2) is 0 Å². The van der Waals surface area contributed by atoms with Crippen molar-refractivity contribution < 1.29 is 9.84 Å². The maximum Gasteiger partial charge on any atom is 0.131 e. The lowest BCUT2D eigenvalue weighted by molar-refractivity contribution is 0.406. The summed E-state index contributed by atoms with van der Waals surface area (Å²) in [7, 11) is 3.26. The zero-order valence-corrected chi connectivity index (χ0v) is 8.53. The molecule has 2 N–H and O–H groups in total. The van der Waals surface area contributed by atoms with E-state index in [-0.39, 0.29) is 5.75 Å². The van der Waals surface area contributed by atoms with E-state index in [0.717, 1.165) is 0 Å². The Morgan fingerprint density at radius 1 is 1.50 bits per heavy atom. The summed E-state index contributed by atoms with van der Waals surface area (Å²) in [4.78, 5) is 0. The number of benzene rings is 1. The Hall–Kier alpha value is -1.71. The van der Waals surface area contributed by atoms with Gasteiger partial charge in [0.1, 0.15) is 11.5 Å². The van der Waals surface area contributed by atoms with Gasteiger partial charge in [-0.2, -0.15) is 5.10 Å². The van der Waals surface area contributed by atoms with Gasteiger partial charge < -0.3 is 15.3 Å². The molecule has 0 fully saturated rings. The molecule has 0 spiro atoms. The van der Waals surface area contributed by atoms with Crippen molar-refractivity contribution in [3.8, 4) is 11.5 Å². The third kappa shape index (κ3) is 1.96. The molecular formula is C10H14N2O2. The van der Waals surface area contributed by atoms with Gasteiger partial charge in [0.25, 0.3) is 0 Å². The Balaban J connectivity index is 3.23. The predicted octanol–water partition coefficient (Wildman–Crippen LogP) is 1.34. The van der Waals surface area contributed by atoms with E-state index < -0.39 is 0 Å². The predicted molar refractivity (Wildman–Crippen MR) is 55.9 cm³/mol. The van der Waals surface area contributed by atoms with Crippen LogP contribution >= 0.6 is 0 Å². The Labute approximate surface area is 83.2 Å². The molecule has 0 saturated carbocycles. The Morgan fingerprint density at radius 3 is 2.79 bits per heavy atom. The number of hydrogen-bond acceptors (Lipinski definition) is 4. The van der Waals surface area contributed by atoms with Crippen LogP contribution in [0.3, 0.4) is 0 Å². The maximum atomic E-state index is 9.63. The average Bonchev–Trinajstić information content (AvgIpc) is 2.17. The highest BCUT2D eigenvalue weighted by Crippen LogP contribution is 2.27. The molecule has 14 heavy (non-hydrogen) atoms. The summed E-state index contributed by atoms with van der Waals surface area (Å²) in [6.07, 6.45) is 0. The molecule has 0 unspecified atom stereocenters. The second kappa shape index (κ2) is 4.50. The first-order valence-electron chi connectivity index (χ1n) is 4.28. The maximum absolute atomic E-state index is 9.63. The van der Waals surface area contributed by atoms with E-state index in [1.165, 1.54) is 0 Å². The number of nitrogens with one attached hydrogen (secondary N) is 1. The van der Waals surface area contributed by atoms with Crippen molar-refractivity contribution in [1.82, 2.24) is 5.43 Å². The third-order valence-corrected chi connectivity index (χ3v) is 1.87. The molecule has 0 aliphatic carbocycles. The highest BCUT2D eigenvalue weighted by atomic mass is 16.5. The van der Waals surface area contributed by atoms with Gasteiger partial charge in [-0.1, -0.05) is 6.07 Å². The van der Waals surface area contributed by atoms with Crippen molar-refractivity contribution in [3.63, 3.8) is 0 Å². The Kier molecular flexibility index (Phi) is 3.34. The summed E-state index contributed by atoms with van der Waals surface area (Å²) in [5.41, 5.74) is 3.96. The molecule has 0 atom stereocenters. The van der Waals surface area contributed by atoms with E-state index in [9.17, 15) is 5.11 Å². The number of phenols is 1. The molecule has 4 heteroatoms. The molecule has 0 bridgehead atoms. The number of hydrogen-bond donors (Lipinski definition) is 2. The van der Waals surface area contributed by atoms with Gasteiger partial charge in [-0.3, -0.25) is 0 Å².